The van der Waals surface area contributed by atoms with Gasteiger partial charge in [-0.15, -0.1) is 0 Å². The zero-order valence-electron chi connectivity index (χ0n) is 11.0. The van der Waals surface area contributed by atoms with Crippen LogP contribution in [0.3, 0.4) is 0 Å². The molecule has 1 N–H and O–H groups in total. The minimum atomic E-state index is -3.48. The number of thiophene rings is 1. The number of aliphatic hydroxyl groups is 1. The molecule has 1 heterocycles. The van der Waals surface area contributed by atoms with Crippen LogP contribution in [0.1, 0.15) is 19.3 Å². The Morgan fingerprint density at radius 1 is 1.55 bits per heavy atom. The lowest BCUT2D eigenvalue weighted by molar-refractivity contribution is -0.383. The van der Waals surface area contributed by atoms with Gasteiger partial charge in [0, 0.05) is 24.9 Å². The molecule has 2 rings (SSSR count). The smallest absolute Gasteiger partial charge is 0.305 e. The lowest BCUT2D eigenvalue weighted by Crippen LogP contribution is -2.41. The molecule has 112 valence electrons. The molecule has 0 bridgehead atoms. The van der Waals surface area contributed by atoms with Gasteiger partial charge in [-0.25, -0.2) is 8.42 Å². The fourth-order valence-corrected chi connectivity index (χ4v) is 4.25. The van der Waals surface area contributed by atoms with Gasteiger partial charge in [0.15, 0.2) is 14.8 Å². The van der Waals surface area contributed by atoms with Crippen LogP contribution in [0.15, 0.2) is 10.3 Å². The summed E-state index contributed by atoms with van der Waals surface area (Å²) in [6, 6.07) is 1.25. The molecule has 9 heteroatoms. The van der Waals surface area contributed by atoms with Gasteiger partial charge in [-0.1, -0.05) is 11.3 Å². The minimum Gasteiger partial charge on any atom is -0.395 e. The third-order valence-electron chi connectivity index (χ3n) is 3.35. The van der Waals surface area contributed by atoms with Gasteiger partial charge in [-0.3, -0.25) is 10.1 Å². The monoisotopic (exact) mass is 320 g/mol. The molecule has 0 spiro atoms. The number of aliphatic hydroxyl groups excluding tert-OH is 1. The number of nitro groups is 1. The van der Waals surface area contributed by atoms with Crippen molar-refractivity contribution in [2.45, 2.75) is 29.5 Å². The lowest BCUT2D eigenvalue weighted by Gasteiger charge is -2.37. The number of anilines is 1. The van der Waals surface area contributed by atoms with Crippen LogP contribution in [0.2, 0.25) is 0 Å². The summed E-state index contributed by atoms with van der Waals surface area (Å²) in [6.07, 6.45) is 3.89. The van der Waals surface area contributed by atoms with Gasteiger partial charge in [-0.05, 0) is 19.3 Å². The first-order valence-electron chi connectivity index (χ1n) is 6.20. The highest BCUT2D eigenvalue weighted by molar-refractivity contribution is 7.92. The van der Waals surface area contributed by atoms with Crippen molar-refractivity contribution in [3.05, 3.63) is 16.2 Å². The lowest BCUT2D eigenvalue weighted by atomic mass is 9.91. The predicted molar refractivity (Wildman–Crippen MR) is 76.2 cm³/mol. The van der Waals surface area contributed by atoms with Gasteiger partial charge in [0.05, 0.1) is 11.5 Å². The summed E-state index contributed by atoms with van der Waals surface area (Å²) in [5, 5.41) is 20.6. The molecule has 1 aliphatic rings. The van der Waals surface area contributed by atoms with Crippen molar-refractivity contribution >= 4 is 31.9 Å². The topological polar surface area (TPSA) is 101 Å². The zero-order chi connectivity index (χ0) is 14.9. The number of hydrogen-bond donors (Lipinski definition) is 1. The standard InChI is InChI=1S/C11H16N2O5S2/c1-20(17,18)10-7-9(13(15)16)11(19-10)12(5-6-14)8-3-2-4-8/h7-8,14H,2-6H2,1H3. The van der Waals surface area contributed by atoms with Crippen molar-refractivity contribution in [3.8, 4) is 0 Å². The summed E-state index contributed by atoms with van der Waals surface area (Å²) in [7, 11) is -3.48. The predicted octanol–water partition coefficient (Wildman–Crippen LogP) is 1.41. The molecule has 0 unspecified atom stereocenters. The molecule has 0 aromatic carbocycles. The molecule has 1 aromatic rings. The summed E-state index contributed by atoms with van der Waals surface area (Å²) < 4.78 is 23.1. The highest BCUT2D eigenvalue weighted by Gasteiger charge is 2.33. The van der Waals surface area contributed by atoms with Gasteiger partial charge < -0.3 is 10.0 Å². The molecule has 1 aromatic heterocycles. The van der Waals surface area contributed by atoms with E-state index in [-0.39, 0.29) is 29.1 Å². The normalized spacial score (nSPS) is 15.9. The maximum absolute atomic E-state index is 11.6. The van der Waals surface area contributed by atoms with Crippen molar-refractivity contribution in [3.63, 3.8) is 0 Å². The summed E-state index contributed by atoms with van der Waals surface area (Å²) in [5.74, 6) is 0. The third-order valence-corrected chi connectivity index (χ3v) is 6.31. The van der Waals surface area contributed by atoms with E-state index in [4.69, 9.17) is 5.11 Å². The Morgan fingerprint density at radius 3 is 2.60 bits per heavy atom. The molecule has 1 aliphatic carbocycles. The minimum absolute atomic E-state index is 0.0125. The average Bonchev–Trinajstić information content (AvgIpc) is 2.70. The molecule has 0 saturated heterocycles. The molecular weight excluding hydrogens is 304 g/mol. The van der Waals surface area contributed by atoms with E-state index in [2.05, 4.69) is 0 Å². The first-order valence-corrected chi connectivity index (χ1v) is 8.91. The Bertz CT molecular complexity index is 606. The molecule has 7 nitrogen and oxygen atoms in total. The van der Waals surface area contributed by atoms with Crippen LogP contribution in [-0.2, 0) is 9.84 Å². The van der Waals surface area contributed by atoms with Crippen molar-refractivity contribution < 1.29 is 18.4 Å². The molecular formula is C11H16N2O5S2. The van der Waals surface area contributed by atoms with E-state index in [0.29, 0.717) is 5.00 Å². The van der Waals surface area contributed by atoms with Gasteiger partial charge in [0.2, 0.25) is 0 Å². The summed E-state index contributed by atoms with van der Waals surface area (Å²) in [4.78, 5) is 12.3. The van der Waals surface area contributed by atoms with Crippen molar-refractivity contribution in [2.24, 2.45) is 0 Å². The Balaban J connectivity index is 2.46. The quantitative estimate of drug-likeness (QED) is 0.628. The van der Waals surface area contributed by atoms with Gasteiger partial charge in [-0.2, -0.15) is 0 Å². The molecule has 1 fully saturated rings. The summed E-state index contributed by atoms with van der Waals surface area (Å²) >= 11 is 0.906. The van der Waals surface area contributed by atoms with Crippen LogP contribution in [-0.4, -0.2) is 43.9 Å². The van der Waals surface area contributed by atoms with E-state index < -0.39 is 14.8 Å². The van der Waals surface area contributed by atoms with Crippen LogP contribution >= 0.6 is 11.3 Å². The van der Waals surface area contributed by atoms with Gasteiger partial charge in [0.25, 0.3) is 0 Å². The number of nitrogens with zero attached hydrogens (tertiary/aromatic N) is 2. The van der Waals surface area contributed by atoms with Crippen LogP contribution < -0.4 is 4.90 Å². The molecule has 0 amide bonds. The van der Waals surface area contributed by atoms with Crippen molar-refractivity contribution in [1.82, 2.24) is 0 Å². The SMILES string of the molecule is CS(=O)(=O)c1cc([N+](=O)[O-])c(N(CCO)C2CCC2)s1. The first-order chi connectivity index (χ1) is 9.34. The molecule has 0 radical (unpaired) electrons. The Labute approximate surface area is 120 Å². The highest BCUT2D eigenvalue weighted by Crippen LogP contribution is 2.42. The van der Waals surface area contributed by atoms with E-state index in [1.165, 1.54) is 0 Å². The fourth-order valence-electron chi connectivity index (χ4n) is 2.13. The summed E-state index contributed by atoms with van der Waals surface area (Å²) in [5.41, 5.74) is -0.198. The second-order valence-electron chi connectivity index (χ2n) is 4.79. The zero-order valence-corrected chi connectivity index (χ0v) is 12.6. The third kappa shape index (κ3) is 2.94. The van der Waals surface area contributed by atoms with Crippen LogP contribution in [0, 0.1) is 10.1 Å². The molecule has 20 heavy (non-hydrogen) atoms. The van der Waals surface area contributed by atoms with E-state index in [9.17, 15) is 18.5 Å². The van der Waals surface area contributed by atoms with Crippen LogP contribution in [0.5, 0.6) is 0 Å². The second kappa shape index (κ2) is 5.66. The summed E-state index contributed by atoms with van der Waals surface area (Å²) in [6.45, 7) is 0.148. The van der Waals surface area contributed by atoms with E-state index >= 15 is 0 Å². The van der Waals surface area contributed by atoms with Crippen LogP contribution in [0.25, 0.3) is 0 Å². The van der Waals surface area contributed by atoms with E-state index in [1.54, 1.807) is 4.90 Å². The van der Waals surface area contributed by atoms with Gasteiger partial charge >= 0.3 is 5.69 Å². The first kappa shape index (κ1) is 15.2. The number of sulfone groups is 1. The Morgan fingerprint density at radius 2 is 2.20 bits per heavy atom. The van der Waals surface area contributed by atoms with Crippen molar-refractivity contribution in [2.75, 3.05) is 24.3 Å². The Kier molecular flexibility index (Phi) is 4.31. The maximum atomic E-state index is 11.6. The van der Waals surface area contributed by atoms with Gasteiger partial charge in [0.1, 0.15) is 4.21 Å². The van der Waals surface area contributed by atoms with E-state index in [1.807, 2.05) is 0 Å². The maximum Gasteiger partial charge on any atom is 0.305 e. The second-order valence-corrected chi connectivity index (χ2v) is 8.06. The Hall–Kier alpha value is -1.19. The number of hydrogen-bond acceptors (Lipinski definition) is 7. The molecule has 0 aliphatic heterocycles. The molecule has 1 saturated carbocycles. The average molecular weight is 320 g/mol. The number of rotatable bonds is 6. The van der Waals surface area contributed by atoms with Crippen molar-refractivity contribution in [1.29, 1.82) is 0 Å². The largest absolute Gasteiger partial charge is 0.395 e. The molecule has 0 atom stereocenters. The fraction of sp³-hybridized carbons (Fsp3) is 0.636. The van der Waals surface area contributed by atoms with Crippen LogP contribution in [0.4, 0.5) is 10.7 Å². The van der Waals surface area contributed by atoms with E-state index in [0.717, 1.165) is 42.9 Å². The highest BCUT2D eigenvalue weighted by atomic mass is 32.2.